The van der Waals surface area contributed by atoms with E-state index in [0.717, 1.165) is 5.56 Å². The number of pyridine rings is 1. The van der Waals surface area contributed by atoms with Crippen molar-refractivity contribution in [3.05, 3.63) is 81.8 Å². The number of hydrogen-bond acceptors (Lipinski definition) is 5. The van der Waals surface area contributed by atoms with Gasteiger partial charge < -0.3 is 10.6 Å². The van der Waals surface area contributed by atoms with Crippen molar-refractivity contribution in [2.45, 2.75) is 26.4 Å². The molecule has 6 nitrogen and oxygen atoms in total. The second kappa shape index (κ2) is 9.38. The molecule has 2 amide bonds. The van der Waals surface area contributed by atoms with E-state index in [1.165, 1.54) is 29.5 Å². The number of carbonyl (C=O) groups excluding carboxylic acids is 2. The van der Waals surface area contributed by atoms with Gasteiger partial charge in [-0.1, -0.05) is 32.0 Å². The normalized spacial score (nSPS) is 11.9. The van der Waals surface area contributed by atoms with Crippen molar-refractivity contribution in [1.29, 1.82) is 0 Å². The van der Waals surface area contributed by atoms with E-state index in [1.807, 2.05) is 19.9 Å². The van der Waals surface area contributed by atoms with Crippen LogP contribution in [-0.2, 0) is 6.54 Å². The molecule has 0 saturated carbocycles. The molecule has 0 aliphatic carbocycles. The Kier molecular flexibility index (Phi) is 6.66. The van der Waals surface area contributed by atoms with E-state index in [0.29, 0.717) is 11.6 Å². The summed E-state index contributed by atoms with van der Waals surface area (Å²) in [5.74, 6) is -1.40. The fourth-order valence-electron chi connectivity index (χ4n) is 2.69. The molecule has 0 unspecified atom stereocenters. The number of thiazole rings is 1. The van der Waals surface area contributed by atoms with Crippen LogP contribution in [0.5, 0.6) is 0 Å². The Hall–Kier alpha value is -3.13. The topological polar surface area (TPSA) is 84.0 Å². The van der Waals surface area contributed by atoms with Gasteiger partial charge in [0.1, 0.15) is 16.5 Å². The van der Waals surface area contributed by atoms with Crippen LogP contribution in [0, 0.1) is 11.7 Å². The van der Waals surface area contributed by atoms with Crippen LogP contribution in [-0.4, -0.2) is 21.8 Å². The minimum Gasteiger partial charge on any atom is -0.347 e. The maximum Gasteiger partial charge on any atom is 0.271 e. The van der Waals surface area contributed by atoms with Crippen molar-refractivity contribution < 1.29 is 14.0 Å². The quantitative estimate of drug-likeness (QED) is 0.619. The minimum atomic E-state index is -0.581. The summed E-state index contributed by atoms with van der Waals surface area (Å²) in [7, 11) is 0. The zero-order valence-electron chi connectivity index (χ0n) is 16.1. The highest BCUT2D eigenvalue weighted by atomic mass is 32.1. The highest BCUT2D eigenvalue weighted by molar-refractivity contribution is 7.09. The molecule has 1 atom stereocenters. The first-order valence-corrected chi connectivity index (χ1v) is 10.0. The molecule has 150 valence electrons. The van der Waals surface area contributed by atoms with Gasteiger partial charge in [-0.3, -0.25) is 14.6 Å². The third-order valence-electron chi connectivity index (χ3n) is 4.27. The molecule has 2 aromatic heterocycles. The van der Waals surface area contributed by atoms with Gasteiger partial charge in [0.25, 0.3) is 11.8 Å². The smallest absolute Gasteiger partial charge is 0.271 e. The highest BCUT2D eigenvalue weighted by Gasteiger charge is 2.24. The molecule has 0 spiro atoms. The molecule has 0 bridgehead atoms. The third-order valence-corrected chi connectivity index (χ3v) is 5.20. The summed E-state index contributed by atoms with van der Waals surface area (Å²) >= 11 is 1.28. The lowest BCUT2D eigenvalue weighted by atomic mass is 10.0. The summed E-state index contributed by atoms with van der Waals surface area (Å²) in [5.41, 5.74) is 1.14. The average molecular weight is 412 g/mol. The Balaban J connectivity index is 1.69. The van der Waals surface area contributed by atoms with Crippen molar-refractivity contribution in [3.63, 3.8) is 0 Å². The highest BCUT2D eigenvalue weighted by Crippen LogP contribution is 2.26. The van der Waals surface area contributed by atoms with Crippen LogP contribution in [0.25, 0.3) is 0 Å². The predicted octanol–water partition coefficient (Wildman–Crippen LogP) is 3.73. The van der Waals surface area contributed by atoms with Crippen LogP contribution in [0.3, 0.4) is 0 Å². The zero-order valence-corrected chi connectivity index (χ0v) is 16.9. The fraction of sp³-hybridized carbons (Fsp3) is 0.238. The summed E-state index contributed by atoms with van der Waals surface area (Å²) < 4.78 is 13.9. The van der Waals surface area contributed by atoms with E-state index >= 15 is 0 Å². The van der Waals surface area contributed by atoms with Gasteiger partial charge in [0, 0.05) is 24.3 Å². The first kappa shape index (κ1) is 20.6. The number of benzene rings is 1. The zero-order chi connectivity index (χ0) is 20.8. The standard InChI is InChI=1S/C21H21FN4O2S/c1-13(2)18(26-19(27)15-7-3-4-8-16(15)22)21-25-17(12-29-21)20(28)24-11-14-6-5-9-23-10-14/h3-10,12-13,18H,11H2,1-2H3,(H,24,28)(H,26,27)/t18-/m1/s1. The number of carbonyl (C=O) groups is 2. The molecular weight excluding hydrogens is 391 g/mol. The Morgan fingerprint density at radius 1 is 1.14 bits per heavy atom. The van der Waals surface area contributed by atoms with Gasteiger partial charge in [-0.15, -0.1) is 11.3 Å². The minimum absolute atomic E-state index is 0.00294. The number of rotatable bonds is 7. The third kappa shape index (κ3) is 5.23. The summed E-state index contributed by atoms with van der Waals surface area (Å²) in [4.78, 5) is 33.3. The van der Waals surface area contributed by atoms with E-state index in [-0.39, 0.29) is 23.1 Å². The first-order chi connectivity index (χ1) is 14.0. The van der Waals surface area contributed by atoms with Crippen LogP contribution in [0.15, 0.2) is 54.2 Å². The van der Waals surface area contributed by atoms with Crippen molar-refractivity contribution in [3.8, 4) is 0 Å². The van der Waals surface area contributed by atoms with Crippen molar-refractivity contribution in [2.24, 2.45) is 5.92 Å². The van der Waals surface area contributed by atoms with E-state index < -0.39 is 17.8 Å². The van der Waals surface area contributed by atoms with E-state index in [9.17, 15) is 14.0 Å². The molecule has 0 saturated heterocycles. The number of nitrogens with one attached hydrogen (secondary N) is 2. The lowest BCUT2D eigenvalue weighted by molar-refractivity contribution is 0.0921. The molecule has 0 aliphatic heterocycles. The molecule has 2 N–H and O–H groups in total. The van der Waals surface area contributed by atoms with Crippen LogP contribution in [0.2, 0.25) is 0 Å². The number of nitrogens with zero attached hydrogens (tertiary/aromatic N) is 2. The predicted molar refractivity (Wildman–Crippen MR) is 109 cm³/mol. The van der Waals surface area contributed by atoms with E-state index in [2.05, 4.69) is 20.6 Å². The number of halogens is 1. The maximum atomic E-state index is 13.9. The SMILES string of the molecule is CC(C)[C@@H](NC(=O)c1ccccc1F)c1nc(C(=O)NCc2cccnc2)cs1. The van der Waals surface area contributed by atoms with Crippen LogP contribution in [0.4, 0.5) is 4.39 Å². The molecule has 8 heteroatoms. The van der Waals surface area contributed by atoms with Gasteiger partial charge in [-0.2, -0.15) is 0 Å². The molecule has 1 aromatic carbocycles. The fourth-order valence-corrected chi connectivity index (χ4v) is 3.71. The summed E-state index contributed by atoms with van der Waals surface area (Å²) in [5, 5.41) is 7.87. The van der Waals surface area contributed by atoms with Crippen LogP contribution >= 0.6 is 11.3 Å². The first-order valence-electron chi connectivity index (χ1n) is 9.13. The number of hydrogen-bond donors (Lipinski definition) is 2. The summed E-state index contributed by atoms with van der Waals surface area (Å²) in [6.07, 6.45) is 3.35. The Morgan fingerprint density at radius 2 is 1.93 bits per heavy atom. The molecule has 0 fully saturated rings. The second-order valence-corrected chi connectivity index (χ2v) is 7.68. The Morgan fingerprint density at radius 3 is 2.62 bits per heavy atom. The molecular formula is C21H21FN4O2S. The average Bonchev–Trinajstić information content (AvgIpc) is 3.21. The van der Waals surface area contributed by atoms with Crippen molar-refractivity contribution >= 4 is 23.2 Å². The maximum absolute atomic E-state index is 13.9. The molecule has 0 radical (unpaired) electrons. The van der Waals surface area contributed by atoms with Crippen LogP contribution < -0.4 is 10.6 Å². The lowest BCUT2D eigenvalue weighted by Crippen LogP contribution is -2.32. The molecule has 3 aromatic rings. The second-order valence-electron chi connectivity index (χ2n) is 6.79. The lowest BCUT2D eigenvalue weighted by Gasteiger charge is -2.20. The largest absolute Gasteiger partial charge is 0.347 e. The van der Waals surface area contributed by atoms with E-state index in [1.54, 1.807) is 29.9 Å². The molecule has 3 rings (SSSR count). The van der Waals surface area contributed by atoms with Crippen LogP contribution in [0.1, 0.15) is 51.3 Å². The number of aromatic nitrogens is 2. The van der Waals surface area contributed by atoms with Crippen molar-refractivity contribution in [1.82, 2.24) is 20.6 Å². The van der Waals surface area contributed by atoms with Gasteiger partial charge in [0.2, 0.25) is 0 Å². The van der Waals surface area contributed by atoms with E-state index in [4.69, 9.17) is 0 Å². The summed E-state index contributed by atoms with van der Waals surface area (Å²) in [6.45, 7) is 4.20. The van der Waals surface area contributed by atoms with Gasteiger partial charge in [0.15, 0.2) is 0 Å². The van der Waals surface area contributed by atoms with Gasteiger partial charge in [-0.05, 0) is 29.7 Å². The van der Waals surface area contributed by atoms with Gasteiger partial charge in [0.05, 0.1) is 11.6 Å². The molecule has 0 aliphatic rings. The molecule has 29 heavy (non-hydrogen) atoms. The molecule has 2 heterocycles. The van der Waals surface area contributed by atoms with Gasteiger partial charge in [-0.25, -0.2) is 9.37 Å². The Labute approximate surface area is 172 Å². The summed E-state index contributed by atoms with van der Waals surface area (Å²) in [6, 6.07) is 9.04. The van der Waals surface area contributed by atoms with Gasteiger partial charge >= 0.3 is 0 Å². The Bertz CT molecular complexity index is 991. The monoisotopic (exact) mass is 412 g/mol. The van der Waals surface area contributed by atoms with Crippen molar-refractivity contribution in [2.75, 3.05) is 0 Å². The number of amides is 2.